The molecule has 9 nitrogen and oxygen atoms in total. The summed E-state index contributed by atoms with van der Waals surface area (Å²) in [7, 11) is 0. The Hall–Kier alpha value is -4.69. The molecule has 0 atom stereocenters. The summed E-state index contributed by atoms with van der Waals surface area (Å²) >= 11 is 6.83. The highest BCUT2D eigenvalue weighted by Gasteiger charge is 2.49. The molecule has 0 unspecified atom stereocenters. The van der Waals surface area contributed by atoms with E-state index in [0.717, 1.165) is 67.9 Å². The highest BCUT2D eigenvalue weighted by Crippen LogP contribution is 2.50. The number of rotatable bonds is 55. The van der Waals surface area contributed by atoms with Crippen LogP contribution >= 0.6 is 45.3 Å². The van der Waals surface area contributed by atoms with E-state index in [0.29, 0.717) is 55.6 Å². The number of pyridine rings is 1. The molecule has 0 radical (unpaired) electrons. The Morgan fingerprint density at radius 1 is 0.375 bits per heavy atom. The first-order chi connectivity index (χ1) is 47.0. The quantitative estimate of drug-likeness (QED) is 0.0377. The summed E-state index contributed by atoms with van der Waals surface area (Å²) in [6, 6.07) is 22.1. The minimum Gasteiger partial charge on any atom is -0.350 e. The van der Waals surface area contributed by atoms with Gasteiger partial charge in [-0.15, -0.1) is 45.3 Å². The number of thiophene rings is 4. The Labute approximate surface area is 598 Å². The van der Waals surface area contributed by atoms with Crippen molar-refractivity contribution in [2.45, 2.75) is 311 Å². The molecule has 0 bridgehead atoms. The predicted molar refractivity (Wildman–Crippen MR) is 414 cm³/mol. The Balaban J connectivity index is 1.08. The highest BCUT2D eigenvalue weighted by molar-refractivity contribution is 7.22. The van der Waals surface area contributed by atoms with E-state index in [1.807, 2.05) is 9.80 Å². The minimum absolute atomic E-state index is 0.0117. The van der Waals surface area contributed by atoms with Gasteiger partial charge in [-0.25, -0.2) is 4.98 Å². The average molecular weight is 1390 g/mol. The van der Waals surface area contributed by atoms with Crippen LogP contribution in [-0.2, 0) is 22.4 Å². The number of nitrogens with one attached hydrogen (secondary N) is 2. The van der Waals surface area contributed by atoms with Gasteiger partial charge in [0.15, 0.2) is 0 Å². The number of hydrogen-bond donors (Lipinski definition) is 2. The topological polar surface area (TPSA) is 112 Å². The van der Waals surface area contributed by atoms with Crippen molar-refractivity contribution < 1.29 is 19.2 Å². The second kappa shape index (κ2) is 45.9. The second-order valence-electron chi connectivity index (χ2n) is 28.2. The minimum atomic E-state index is -0.315. The molecule has 0 aromatic carbocycles. The SMILES string of the molecule is CCCCCCCCCCC(CCCCCCCCCC)CCCN1C(=O)C2=C(c3ccc(-c4ccc(CCNC(=O)c5cccc(C(=O)NCCc6ccc(C)s6)n5)s4)s3)N(CCCC(CCCCCCCCCC)CCCCCCCCCC)C(=O)C2=C1c1ccc(C)s1. The van der Waals surface area contributed by atoms with Crippen molar-refractivity contribution in [2.24, 2.45) is 11.8 Å². The van der Waals surface area contributed by atoms with Gasteiger partial charge in [0.25, 0.3) is 23.6 Å². The first kappa shape index (κ1) is 78.6. The third kappa shape index (κ3) is 26.8. The summed E-state index contributed by atoms with van der Waals surface area (Å²) < 4.78 is 0. The molecule has 5 aromatic rings. The van der Waals surface area contributed by atoms with Crippen molar-refractivity contribution in [1.82, 2.24) is 25.4 Å². The van der Waals surface area contributed by atoms with E-state index in [4.69, 9.17) is 0 Å². The van der Waals surface area contributed by atoms with Gasteiger partial charge < -0.3 is 20.4 Å². The summed E-state index contributed by atoms with van der Waals surface area (Å²) in [5, 5.41) is 6.00. The number of aryl methyl sites for hydroxylation is 2. The third-order valence-electron chi connectivity index (χ3n) is 20.1. The van der Waals surface area contributed by atoms with Gasteiger partial charge in [0.1, 0.15) is 11.4 Å². The van der Waals surface area contributed by atoms with Crippen LogP contribution in [0.15, 0.2) is 77.9 Å². The zero-order chi connectivity index (χ0) is 68.0. The van der Waals surface area contributed by atoms with Crippen molar-refractivity contribution >= 4 is 80.4 Å². The number of unbranched alkanes of at least 4 members (excludes halogenated alkanes) is 28. The molecule has 2 aliphatic rings. The van der Waals surface area contributed by atoms with Gasteiger partial charge in [-0.1, -0.05) is 265 Å². The molecule has 7 rings (SSSR count). The molecule has 2 N–H and O–H groups in total. The molecule has 2 aliphatic heterocycles. The van der Waals surface area contributed by atoms with Gasteiger partial charge >= 0.3 is 0 Å². The number of hydrogen-bond acceptors (Lipinski definition) is 9. The fourth-order valence-corrected chi connectivity index (χ4v) is 18.4. The molecule has 0 spiro atoms. The number of nitrogens with zero attached hydrogens (tertiary/aromatic N) is 3. The fraction of sp³-hybridized carbons (Fsp3) is 0.651. The average Bonchev–Trinajstić information content (AvgIpc) is 1.56. The van der Waals surface area contributed by atoms with E-state index >= 15 is 9.59 Å². The van der Waals surface area contributed by atoms with Crippen LogP contribution in [0.3, 0.4) is 0 Å². The van der Waals surface area contributed by atoms with Gasteiger partial charge in [-0.2, -0.15) is 0 Å². The van der Waals surface area contributed by atoms with Gasteiger partial charge in [0.2, 0.25) is 0 Å². The smallest absolute Gasteiger partial charge is 0.269 e. The van der Waals surface area contributed by atoms with E-state index in [1.54, 1.807) is 63.5 Å². The molecule has 530 valence electrons. The molecule has 4 amide bonds. The summed E-state index contributed by atoms with van der Waals surface area (Å²) in [5.74, 6) is 0.662. The lowest BCUT2D eigenvalue weighted by Crippen LogP contribution is -2.31. The van der Waals surface area contributed by atoms with Crippen LogP contribution < -0.4 is 10.6 Å². The number of aromatic nitrogens is 1. The summed E-state index contributed by atoms with van der Waals surface area (Å²) in [6.07, 6.45) is 53.2. The normalized spacial score (nSPS) is 13.3. The van der Waals surface area contributed by atoms with Crippen LogP contribution in [0.25, 0.3) is 21.1 Å². The molecule has 5 aromatic heterocycles. The maximum atomic E-state index is 15.7. The van der Waals surface area contributed by atoms with Crippen LogP contribution in [0.2, 0.25) is 0 Å². The van der Waals surface area contributed by atoms with Gasteiger partial charge in [-0.3, -0.25) is 19.2 Å². The summed E-state index contributed by atoms with van der Waals surface area (Å²) in [6.45, 7) is 15.5. The first-order valence-electron chi connectivity index (χ1n) is 39.0. The lowest BCUT2D eigenvalue weighted by molar-refractivity contribution is -0.124. The van der Waals surface area contributed by atoms with Crippen LogP contribution in [-0.4, -0.2) is 64.6 Å². The molecule has 0 aliphatic carbocycles. The maximum Gasteiger partial charge on any atom is 0.269 e. The third-order valence-corrected chi connectivity index (χ3v) is 24.6. The van der Waals surface area contributed by atoms with E-state index < -0.39 is 0 Å². The Kier molecular flexibility index (Phi) is 37.6. The van der Waals surface area contributed by atoms with Crippen molar-refractivity contribution in [2.75, 3.05) is 26.2 Å². The van der Waals surface area contributed by atoms with E-state index in [2.05, 4.69) is 106 Å². The highest BCUT2D eigenvalue weighted by atomic mass is 32.1. The maximum absolute atomic E-state index is 15.7. The summed E-state index contributed by atoms with van der Waals surface area (Å²) in [4.78, 5) is 75.4. The second-order valence-corrected chi connectivity index (χ2v) is 33.1. The Morgan fingerprint density at radius 2 is 0.698 bits per heavy atom. The molecule has 96 heavy (non-hydrogen) atoms. The van der Waals surface area contributed by atoms with Gasteiger partial charge in [-0.05, 0) is 125 Å². The lowest BCUT2D eigenvalue weighted by atomic mass is 9.90. The molecule has 0 saturated carbocycles. The molecular formula is C83H125N5O4S4. The number of fused-ring (bicyclic) bond motifs is 1. The molecular weight excluding hydrogens is 1260 g/mol. The largest absolute Gasteiger partial charge is 0.350 e. The predicted octanol–water partition coefficient (Wildman–Crippen LogP) is 24.3. The standard InChI is InChI=1S/C83H125N5O4S4/c1-7-11-15-19-23-27-31-35-42-66(43-36-32-28-24-20-16-12-8-2)46-40-62-87-78(74-54-51-65(6)94-74)76-77(83(87)92)79(88(82(76)91)63-41-47-67(44-37-33-29-25-21-17-13-9-3)45-38-34-30-26-22-18-14-10-4)75-57-56-73(96-75)72-55-53-69(95-72)59-61-85-81(90)71-49-39-48-70(86-71)80(89)84-60-58-68-52-50-64(5)93-68/h39,48-57,66-67H,7-38,40-47,58-63H2,1-6H3,(H,84,89)(H,85,90). The van der Waals surface area contributed by atoms with Crippen molar-refractivity contribution in [1.29, 1.82) is 0 Å². The van der Waals surface area contributed by atoms with Crippen molar-refractivity contribution in [3.8, 4) is 9.75 Å². The van der Waals surface area contributed by atoms with Gasteiger partial charge in [0.05, 0.1) is 32.3 Å². The molecule has 13 heteroatoms. The Morgan fingerprint density at radius 3 is 1.09 bits per heavy atom. The molecule has 7 heterocycles. The van der Waals surface area contributed by atoms with Crippen molar-refractivity contribution in [3.63, 3.8) is 0 Å². The van der Waals surface area contributed by atoms with Crippen LogP contribution in [0, 0.1) is 25.7 Å². The summed E-state index contributed by atoms with van der Waals surface area (Å²) in [5.41, 5.74) is 3.28. The Bertz CT molecular complexity index is 3070. The van der Waals surface area contributed by atoms with E-state index in [1.165, 1.54) is 246 Å². The van der Waals surface area contributed by atoms with E-state index in [-0.39, 0.29) is 35.0 Å². The zero-order valence-electron chi connectivity index (χ0n) is 60.6. The van der Waals surface area contributed by atoms with Gasteiger partial charge in [0, 0.05) is 55.4 Å². The number of carbonyl (C=O) groups is 4. The van der Waals surface area contributed by atoms with Crippen LogP contribution in [0.1, 0.15) is 335 Å². The van der Waals surface area contributed by atoms with Crippen molar-refractivity contribution in [3.05, 3.63) is 119 Å². The van der Waals surface area contributed by atoms with Crippen LogP contribution in [0.4, 0.5) is 0 Å². The monoisotopic (exact) mass is 1380 g/mol. The lowest BCUT2D eigenvalue weighted by Gasteiger charge is -2.26. The first-order valence-corrected chi connectivity index (χ1v) is 42.3. The molecule has 0 fully saturated rings. The molecule has 0 saturated heterocycles. The van der Waals surface area contributed by atoms with Crippen LogP contribution in [0.5, 0.6) is 0 Å². The zero-order valence-corrected chi connectivity index (χ0v) is 63.9. The fourth-order valence-electron chi connectivity index (χ4n) is 14.4. The number of carbonyl (C=O) groups excluding carboxylic acids is 4. The van der Waals surface area contributed by atoms with E-state index in [9.17, 15) is 9.59 Å². The number of amides is 4.